The molecular formula is C82H53F3N8. The maximum absolute atomic E-state index is 14.2. The van der Waals surface area contributed by atoms with Crippen molar-refractivity contribution in [3.8, 4) is 112 Å². The van der Waals surface area contributed by atoms with Gasteiger partial charge in [-0.3, -0.25) is 0 Å². The molecule has 0 spiro atoms. The topological polar surface area (TPSA) is 103 Å². The molecule has 0 saturated carbocycles. The standard InChI is InChI=1S/C41H25F3N4.C41H28N4/c42-41(43,44)32-19-11-10-18-31(32)40-39(28-16-8-3-9-17-28)46-34-23-21-30(25-36(34)48-40)29-20-22-33-35(24-29)47-38(27-14-6-2-7-15-27)37(45-33)26-12-4-1-5-13-26;1-27-17-19-31(20-18-27)41-39(29-13-7-3-8-14-29)43-35-24-22-33(26-37(35)45-41)32-21-23-34-36(25-32)44-40(30-15-9-4-10-16-30)38(42-34)28-11-5-2-6-12-28/h1-25H;2-26H,1H3. The Labute approximate surface area is 534 Å². The van der Waals surface area contributed by atoms with Gasteiger partial charge in [0.2, 0.25) is 0 Å². The summed E-state index contributed by atoms with van der Waals surface area (Å²) >= 11 is 0. The van der Waals surface area contributed by atoms with Crippen molar-refractivity contribution in [3.63, 3.8) is 0 Å². The van der Waals surface area contributed by atoms with Gasteiger partial charge in [-0.2, -0.15) is 13.2 Å². The van der Waals surface area contributed by atoms with E-state index < -0.39 is 11.7 Å². The van der Waals surface area contributed by atoms with Crippen LogP contribution in [0.3, 0.4) is 0 Å². The van der Waals surface area contributed by atoms with E-state index in [1.807, 2.05) is 182 Å². The van der Waals surface area contributed by atoms with E-state index in [1.165, 1.54) is 17.7 Å². The Bertz CT molecular complexity index is 5410. The Morgan fingerprint density at radius 1 is 0.204 bits per heavy atom. The second-order valence-corrected chi connectivity index (χ2v) is 22.6. The van der Waals surface area contributed by atoms with Gasteiger partial charge in [-0.25, -0.2) is 39.9 Å². The highest BCUT2D eigenvalue weighted by atomic mass is 19.4. The van der Waals surface area contributed by atoms with Crippen LogP contribution >= 0.6 is 0 Å². The van der Waals surface area contributed by atoms with Gasteiger partial charge in [0.15, 0.2) is 0 Å². The third-order valence-electron chi connectivity index (χ3n) is 16.4. The molecule has 93 heavy (non-hydrogen) atoms. The van der Waals surface area contributed by atoms with Crippen LogP contribution in [-0.4, -0.2) is 39.9 Å². The van der Waals surface area contributed by atoms with E-state index in [0.717, 1.165) is 129 Å². The fraction of sp³-hybridized carbons (Fsp3) is 0.0244. The first-order valence-corrected chi connectivity index (χ1v) is 30.5. The monoisotopic (exact) mass is 1210 g/mol. The van der Waals surface area contributed by atoms with Gasteiger partial charge < -0.3 is 0 Å². The van der Waals surface area contributed by atoms with Gasteiger partial charge in [-0.05, 0) is 83.8 Å². The lowest BCUT2D eigenvalue weighted by molar-refractivity contribution is -0.137. The summed E-state index contributed by atoms with van der Waals surface area (Å²) < 4.78 is 42.6. The van der Waals surface area contributed by atoms with Crippen LogP contribution in [0, 0.1) is 6.92 Å². The summed E-state index contributed by atoms with van der Waals surface area (Å²) in [5.41, 5.74) is 22.6. The number of benzene rings is 12. The van der Waals surface area contributed by atoms with Gasteiger partial charge in [-0.15, -0.1) is 0 Å². The minimum atomic E-state index is -4.56. The van der Waals surface area contributed by atoms with Crippen LogP contribution in [0.4, 0.5) is 13.2 Å². The molecule has 0 amide bonds. The molecule has 4 heterocycles. The van der Waals surface area contributed by atoms with Crippen LogP contribution in [-0.2, 0) is 6.18 Å². The van der Waals surface area contributed by atoms with E-state index >= 15 is 0 Å². The zero-order valence-corrected chi connectivity index (χ0v) is 50.1. The van der Waals surface area contributed by atoms with Crippen LogP contribution in [0.15, 0.2) is 303 Å². The highest BCUT2D eigenvalue weighted by Crippen LogP contribution is 2.42. The average Bonchev–Trinajstić information content (AvgIpc) is 0.833. The van der Waals surface area contributed by atoms with Crippen LogP contribution in [0.25, 0.3) is 156 Å². The molecule has 0 bridgehead atoms. The van der Waals surface area contributed by atoms with Crippen LogP contribution < -0.4 is 0 Å². The fourth-order valence-corrected chi connectivity index (χ4v) is 11.8. The summed E-state index contributed by atoms with van der Waals surface area (Å²) in [5.74, 6) is 0. The first-order chi connectivity index (χ1) is 45.6. The maximum Gasteiger partial charge on any atom is 0.417 e. The quantitative estimate of drug-likeness (QED) is 0.133. The van der Waals surface area contributed by atoms with Gasteiger partial charge in [0.05, 0.1) is 95.2 Å². The van der Waals surface area contributed by atoms with E-state index in [9.17, 15) is 13.2 Å². The lowest BCUT2D eigenvalue weighted by Crippen LogP contribution is -2.08. The van der Waals surface area contributed by atoms with Crippen molar-refractivity contribution in [3.05, 3.63) is 314 Å². The summed E-state index contributed by atoms with van der Waals surface area (Å²) in [7, 11) is 0. The molecule has 0 radical (unpaired) electrons. The molecule has 0 fully saturated rings. The summed E-state index contributed by atoms with van der Waals surface area (Å²) in [6, 6.07) is 98.1. The highest BCUT2D eigenvalue weighted by molar-refractivity contribution is 5.95. The molecule has 12 aromatic carbocycles. The van der Waals surface area contributed by atoms with Gasteiger partial charge in [0, 0.05) is 44.5 Å². The zero-order chi connectivity index (χ0) is 62.8. The molecule has 16 aromatic rings. The minimum Gasteiger partial charge on any atom is -0.244 e. The number of alkyl halides is 3. The van der Waals surface area contributed by atoms with Crippen molar-refractivity contribution in [1.82, 2.24) is 39.9 Å². The summed E-state index contributed by atoms with van der Waals surface area (Å²) in [5, 5.41) is 0. The predicted molar refractivity (Wildman–Crippen MR) is 369 cm³/mol. The summed E-state index contributed by atoms with van der Waals surface area (Å²) in [6.07, 6.45) is -4.56. The molecule has 8 nitrogen and oxygen atoms in total. The normalized spacial score (nSPS) is 11.4. The molecule has 0 aliphatic heterocycles. The van der Waals surface area contributed by atoms with Crippen molar-refractivity contribution in [2.24, 2.45) is 0 Å². The molecule has 4 aromatic heterocycles. The second kappa shape index (κ2) is 24.6. The maximum atomic E-state index is 14.2. The van der Waals surface area contributed by atoms with Crippen molar-refractivity contribution >= 4 is 44.1 Å². The van der Waals surface area contributed by atoms with Crippen molar-refractivity contribution in [2.75, 3.05) is 0 Å². The highest BCUT2D eigenvalue weighted by Gasteiger charge is 2.35. The first kappa shape index (κ1) is 57.2. The molecule has 442 valence electrons. The molecule has 0 unspecified atom stereocenters. The largest absolute Gasteiger partial charge is 0.417 e. The van der Waals surface area contributed by atoms with Crippen LogP contribution in [0.1, 0.15) is 11.1 Å². The van der Waals surface area contributed by atoms with Gasteiger partial charge in [0.1, 0.15) is 0 Å². The van der Waals surface area contributed by atoms with Gasteiger partial charge >= 0.3 is 6.18 Å². The lowest BCUT2D eigenvalue weighted by Gasteiger charge is -2.16. The van der Waals surface area contributed by atoms with E-state index in [4.69, 9.17) is 39.9 Å². The van der Waals surface area contributed by atoms with Gasteiger partial charge in [0.25, 0.3) is 0 Å². The number of halogens is 3. The number of rotatable bonds is 10. The average molecular weight is 1210 g/mol. The molecule has 0 saturated heterocycles. The molecular weight excluding hydrogens is 1150 g/mol. The molecule has 0 N–H and O–H groups in total. The van der Waals surface area contributed by atoms with Crippen molar-refractivity contribution in [2.45, 2.75) is 13.1 Å². The van der Waals surface area contributed by atoms with Gasteiger partial charge in [-0.1, -0.05) is 254 Å². The smallest absolute Gasteiger partial charge is 0.244 e. The van der Waals surface area contributed by atoms with E-state index in [1.54, 1.807) is 6.07 Å². The Morgan fingerprint density at radius 2 is 0.419 bits per heavy atom. The van der Waals surface area contributed by atoms with Crippen LogP contribution in [0.2, 0.25) is 0 Å². The SMILES string of the molecule is Cc1ccc(-c2nc3cc(-c4ccc5nc(-c6ccccc6)c(-c6ccccc6)nc5c4)ccc3nc2-c2ccccc2)cc1.FC(F)(F)c1ccccc1-c1nc2cc(-c3ccc4nc(-c5ccccc5)c(-c5ccccc5)nc4c3)ccc2nc1-c1ccccc1. The van der Waals surface area contributed by atoms with Crippen LogP contribution in [0.5, 0.6) is 0 Å². The molecule has 11 heteroatoms. The first-order valence-electron chi connectivity index (χ1n) is 30.5. The second-order valence-electron chi connectivity index (χ2n) is 22.6. The summed E-state index contributed by atoms with van der Waals surface area (Å²) in [6.45, 7) is 2.10. The molecule has 0 aliphatic rings. The van der Waals surface area contributed by atoms with E-state index in [-0.39, 0.29) is 11.3 Å². The minimum absolute atomic E-state index is 0.0210. The Kier molecular flexibility index (Phi) is 15.2. The Morgan fingerprint density at radius 3 is 0.699 bits per heavy atom. The number of nitrogens with zero attached hydrogens (tertiary/aromatic N) is 8. The Hall–Kier alpha value is -12.2. The lowest BCUT2D eigenvalue weighted by atomic mass is 9.98. The fourth-order valence-electron chi connectivity index (χ4n) is 11.8. The van der Waals surface area contributed by atoms with E-state index in [2.05, 4.69) is 104 Å². The summed E-state index contributed by atoms with van der Waals surface area (Å²) in [4.78, 5) is 40.5. The molecule has 0 atom stereocenters. The third kappa shape index (κ3) is 11.7. The molecule has 0 aliphatic carbocycles. The number of aryl methyl sites for hydroxylation is 1. The molecule has 16 rings (SSSR count). The Balaban J connectivity index is 0.000000154. The van der Waals surface area contributed by atoms with Crippen molar-refractivity contribution < 1.29 is 13.2 Å². The predicted octanol–water partition coefficient (Wildman–Crippen LogP) is 21.1. The zero-order valence-electron chi connectivity index (χ0n) is 50.1. The third-order valence-corrected chi connectivity index (χ3v) is 16.4. The number of aromatic nitrogens is 8. The van der Waals surface area contributed by atoms with Crippen molar-refractivity contribution in [1.29, 1.82) is 0 Å². The number of fused-ring (bicyclic) bond motifs is 4. The number of hydrogen-bond donors (Lipinski definition) is 0. The van der Waals surface area contributed by atoms with E-state index in [0.29, 0.717) is 22.3 Å². The number of hydrogen-bond acceptors (Lipinski definition) is 8.